The van der Waals surface area contributed by atoms with Gasteiger partial charge in [0.2, 0.25) is 0 Å². The summed E-state index contributed by atoms with van der Waals surface area (Å²) < 4.78 is 10.9. The van der Waals surface area contributed by atoms with Crippen molar-refractivity contribution in [3.63, 3.8) is 0 Å². The molecule has 0 saturated heterocycles. The van der Waals surface area contributed by atoms with Crippen molar-refractivity contribution in [2.75, 3.05) is 0 Å². The van der Waals surface area contributed by atoms with Crippen LogP contribution >= 0.6 is 11.6 Å². The molecule has 1 amide bonds. The standard InChI is InChI=1S/C16H17ClN2O3/c1-10-8-13(17)5-7-15(10)22-12(3)16(20)19-18-9-14-6-4-11(2)21-14/h4-9,12H,1-3H3,(H,19,20). The Hall–Kier alpha value is -2.27. The van der Waals surface area contributed by atoms with Gasteiger partial charge in [0.1, 0.15) is 17.3 Å². The van der Waals surface area contributed by atoms with Crippen molar-refractivity contribution in [2.24, 2.45) is 5.10 Å². The minimum Gasteiger partial charge on any atom is -0.481 e. The number of hydrogen-bond donors (Lipinski definition) is 1. The number of hydrogen-bond acceptors (Lipinski definition) is 4. The predicted molar refractivity (Wildman–Crippen MR) is 85.5 cm³/mol. The van der Waals surface area contributed by atoms with Crippen molar-refractivity contribution in [1.29, 1.82) is 0 Å². The first-order valence-electron chi connectivity index (χ1n) is 6.78. The van der Waals surface area contributed by atoms with Gasteiger partial charge in [-0.2, -0.15) is 5.10 Å². The number of amides is 1. The highest BCUT2D eigenvalue weighted by Gasteiger charge is 2.15. The molecule has 0 aliphatic carbocycles. The van der Waals surface area contributed by atoms with Crippen LogP contribution < -0.4 is 10.2 Å². The van der Waals surface area contributed by atoms with Crippen LogP contribution in [0.5, 0.6) is 5.75 Å². The number of nitrogens with zero attached hydrogens (tertiary/aromatic N) is 1. The number of carbonyl (C=O) groups excluding carboxylic acids is 1. The van der Waals surface area contributed by atoms with Gasteiger partial charge in [-0.15, -0.1) is 0 Å². The number of aryl methyl sites for hydroxylation is 2. The molecule has 2 rings (SSSR count). The first-order valence-corrected chi connectivity index (χ1v) is 7.15. The molecule has 1 aromatic heterocycles. The van der Waals surface area contributed by atoms with E-state index >= 15 is 0 Å². The van der Waals surface area contributed by atoms with Crippen LogP contribution in [-0.4, -0.2) is 18.2 Å². The van der Waals surface area contributed by atoms with Gasteiger partial charge < -0.3 is 9.15 Å². The van der Waals surface area contributed by atoms with E-state index in [0.717, 1.165) is 11.3 Å². The molecule has 0 fully saturated rings. The van der Waals surface area contributed by atoms with Crippen LogP contribution in [0.25, 0.3) is 0 Å². The van der Waals surface area contributed by atoms with Gasteiger partial charge in [-0.3, -0.25) is 4.79 Å². The highest BCUT2D eigenvalue weighted by atomic mass is 35.5. The number of furan rings is 1. The first-order chi connectivity index (χ1) is 10.5. The molecule has 1 atom stereocenters. The number of halogens is 1. The minimum atomic E-state index is -0.685. The molecule has 1 unspecified atom stereocenters. The topological polar surface area (TPSA) is 63.8 Å². The second-order valence-corrected chi connectivity index (χ2v) is 5.29. The van der Waals surface area contributed by atoms with Gasteiger partial charge in [0.15, 0.2) is 6.10 Å². The van der Waals surface area contributed by atoms with E-state index in [1.165, 1.54) is 6.21 Å². The minimum absolute atomic E-state index is 0.353. The van der Waals surface area contributed by atoms with Crippen LogP contribution in [0.2, 0.25) is 5.02 Å². The van der Waals surface area contributed by atoms with Crippen LogP contribution in [0.4, 0.5) is 0 Å². The number of benzene rings is 1. The lowest BCUT2D eigenvalue weighted by Gasteiger charge is -2.14. The summed E-state index contributed by atoms with van der Waals surface area (Å²) >= 11 is 5.88. The molecule has 1 N–H and O–H groups in total. The Labute approximate surface area is 133 Å². The Morgan fingerprint density at radius 2 is 2.14 bits per heavy atom. The van der Waals surface area contributed by atoms with Gasteiger partial charge in [0, 0.05) is 5.02 Å². The van der Waals surface area contributed by atoms with Crippen LogP contribution in [0.3, 0.4) is 0 Å². The fraction of sp³-hybridized carbons (Fsp3) is 0.250. The molecule has 0 bridgehead atoms. The van der Waals surface area contributed by atoms with Gasteiger partial charge in [0.25, 0.3) is 5.91 Å². The molecule has 0 aliphatic heterocycles. The zero-order chi connectivity index (χ0) is 16.1. The maximum absolute atomic E-state index is 11.9. The average Bonchev–Trinajstić information content (AvgIpc) is 2.87. The third kappa shape index (κ3) is 4.36. The SMILES string of the molecule is Cc1ccc(C=NNC(=O)C(C)Oc2ccc(Cl)cc2C)o1. The number of rotatable bonds is 5. The van der Waals surface area contributed by atoms with Crippen molar-refractivity contribution in [3.05, 3.63) is 52.4 Å². The molecule has 2 aromatic rings. The molecule has 22 heavy (non-hydrogen) atoms. The summed E-state index contributed by atoms with van der Waals surface area (Å²) in [6.45, 7) is 5.35. The summed E-state index contributed by atoms with van der Waals surface area (Å²) in [6, 6.07) is 8.81. The van der Waals surface area contributed by atoms with E-state index in [9.17, 15) is 4.79 Å². The quantitative estimate of drug-likeness (QED) is 0.677. The van der Waals surface area contributed by atoms with Crippen LogP contribution in [0, 0.1) is 13.8 Å². The third-order valence-electron chi connectivity index (χ3n) is 2.94. The predicted octanol–water partition coefficient (Wildman–Crippen LogP) is 3.47. The van der Waals surface area contributed by atoms with Crippen molar-refractivity contribution in [3.8, 4) is 5.75 Å². The summed E-state index contributed by atoms with van der Waals surface area (Å²) in [5, 5.41) is 4.46. The Bertz CT molecular complexity index is 694. The normalized spacial score (nSPS) is 12.4. The zero-order valence-electron chi connectivity index (χ0n) is 12.6. The molecule has 0 spiro atoms. The molecule has 6 heteroatoms. The number of nitrogens with one attached hydrogen (secondary N) is 1. The second-order valence-electron chi connectivity index (χ2n) is 4.85. The monoisotopic (exact) mass is 320 g/mol. The maximum Gasteiger partial charge on any atom is 0.280 e. The molecule has 5 nitrogen and oxygen atoms in total. The summed E-state index contributed by atoms with van der Waals surface area (Å²) in [6.07, 6.45) is 0.751. The van der Waals surface area contributed by atoms with E-state index in [1.54, 1.807) is 31.2 Å². The van der Waals surface area contributed by atoms with Gasteiger partial charge in [-0.05, 0) is 56.7 Å². The average molecular weight is 321 g/mol. The van der Waals surface area contributed by atoms with Gasteiger partial charge in [0.05, 0.1) is 6.21 Å². The second kappa shape index (κ2) is 7.13. The van der Waals surface area contributed by atoms with E-state index in [0.29, 0.717) is 16.5 Å². The molecular formula is C16H17ClN2O3. The lowest BCUT2D eigenvalue weighted by Crippen LogP contribution is -2.33. The third-order valence-corrected chi connectivity index (χ3v) is 3.17. The molecule has 116 valence electrons. The highest BCUT2D eigenvalue weighted by molar-refractivity contribution is 6.30. The van der Waals surface area contributed by atoms with E-state index in [4.69, 9.17) is 20.8 Å². The van der Waals surface area contributed by atoms with E-state index in [2.05, 4.69) is 10.5 Å². The fourth-order valence-electron chi connectivity index (χ4n) is 1.76. The number of hydrazone groups is 1. The number of ether oxygens (including phenoxy) is 1. The summed E-state index contributed by atoms with van der Waals surface area (Å²) in [5.74, 6) is 1.61. The Morgan fingerprint density at radius 1 is 1.36 bits per heavy atom. The maximum atomic E-state index is 11.9. The van der Waals surface area contributed by atoms with Crippen LogP contribution in [0.15, 0.2) is 39.9 Å². The lowest BCUT2D eigenvalue weighted by atomic mass is 10.2. The highest BCUT2D eigenvalue weighted by Crippen LogP contribution is 2.22. The molecular weight excluding hydrogens is 304 g/mol. The summed E-state index contributed by atoms with van der Waals surface area (Å²) in [5.41, 5.74) is 3.27. The Morgan fingerprint density at radius 3 is 2.77 bits per heavy atom. The van der Waals surface area contributed by atoms with Crippen molar-refractivity contribution in [2.45, 2.75) is 26.9 Å². The van der Waals surface area contributed by atoms with Gasteiger partial charge in [-0.1, -0.05) is 11.6 Å². The van der Waals surface area contributed by atoms with E-state index in [-0.39, 0.29) is 5.91 Å². The first kappa shape index (κ1) is 16.1. The van der Waals surface area contributed by atoms with E-state index < -0.39 is 6.10 Å². The molecule has 0 saturated carbocycles. The Balaban J connectivity index is 1.90. The van der Waals surface area contributed by atoms with Crippen LogP contribution in [-0.2, 0) is 4.79 Å². The molecule has 0 aliphatic rings. The number of carbonyl (C=O) groups is 1. The van der Waals surface area contributed by atoms with Crippen molar-refractivity contribution >= 4 is 23.7 Å². The van der Waals surface area contributed by atoms with Gasteiger partial charge in [-0.25, -0.2) is 5.43 Å². The molecule has 1 heterocycles. The fourth-order valence-corrected chi connectivity index (χ4v) is 1.99. The zero-order valence-corrected chi connectivity index (χ0v) is 13.3. The largest absolute Gasteiger partial charge is 0.481 e. The summed E-state index contributed by atoms with van der Waals surface area (Å²) in [7, 11) is 0. The van der Waals surface area contributed by atoms with E-state index in [1.807, 2.05) is 19.9 Å². The summed E-state index contributed by atoms with van der Waals surface area (Å²) in [4.78, 5) is 11.9. The van der Waals surface area contributed by atoms with Crippen molar-refractivity contribution < 1.29 is 13.9 Å². The van der Waals surface area contributed by atoms with Crippen LogP contribution in [0.1, 0.15) is 24.0 Å². The lowest BCUT2D eigenvalue weighted by molar-refractivity contribution is -0.127. The smallest absolute Gasteiger partial charge is 0.280 e. The molecule has 0 radical (unpaired) electrons. The molecule has 1 aromatic carbocycles. The Kier molecular flexibility index (Phi) is 5.22. The van der Waals surface area contributed by atoms with Gasteiger partial charge >= 0.3 is 0 Å². The van der Waals surface area contributed by atoms with Crippen molar-refractivity contribution in [1.82, 2.24) is 5.43 Å².